The van der Waals surface area contributed by atoms with Crippen LogP contribution in [0.1, 0.15) is 0 Å². The van der Waals surface area contributed by atoms with Crippen LogP contribution in [-0.2, 0) is 0 Å². The smallest absolute Gasteiger partial charge is 0.394 e. The zero-order valence-corrected chi connectivity index (χ0v) is 13.0. The second-order valence-corrected chi connectivity index (χ2v) is 5.14. The molecule has 2 nitrogen and oxygen atoms in total. The Morgan fingerprint density at radius 2 is 1.37 bits per heavy atom. The lowest BCUT2D eigenvalue weighted by atomic mass is 10.0. The molecular formula is C12H5Cl5N2. The average Bonchev–Trinajstić information content (AvgIpc) is 2.35. The molecule has 0 amide bonds. The van der Waals surface area contributed by atoms with Crippen molar-refractivity contribution in [1.29, 1.82) is 5.39 Å². The number of halogens is 5. The first-order chi connectivity index (χ1) is 8.52. The van der Waals surface area contributed by atoms with E-state index in [1.807, 2.05) is 0 Å². The SMILES string of the molecule is N#[N+]c1cc(Cl)c(Cl)cc1-c1ccc(Cl)c(Cl)c1.[Cl-]. The van der Waals surface area contributed by atoms with Gasteiger partial charge < -0.3 is 12.4 Å². The van der Waals surface area contributed by atoms with Gasteiger partial charge in [-0.05, 0) is 23.8 Å². The van der Waals surface area contributed by atoms with Crippen LogP contribution in [0.2, 0.25) is 20.1 Å². The minimum atomic E-state index is 0. The van der Waals surface area contributed by atoms with Crippen LogP contribution in [0.4, 0.5) is 5.69 Å². The fourth-order valence-corrected chi connectivity index (χ4v) is 2.13. The molecule has 0 heterocycles. The molecule has 0 N–H and O–H groups in total. The van der Waals surface area contributed by atoms with Crippen molar-refractivity contribution in [3.63, 3.8) is 0 Å². The summed E-state index contributed by atoms with van der Waals surface area (Å²) in [6.07, 6.45) is 0. The third-order valence-corrected chi connectivity index (χ3v) is 3.84. The molecule has 0 aliphatic rings. The first kappa shape index (κ1) is 16.4. The number of hydrogen-bond donors (Lipinski definition) is 0. The van der Waals surface area contributed by atoms with Gasteiger partial charge in [0.05, 0.1) is 31.7 Å². The maximum Gasteiger partial charge on any atom is 0.394 e. The largest absolute Gasteiger partial charge is 1.00 e. The van der Waals surface area contributed by atoms with E-state index in [4.69, 9.17) is 51.8 Å². The predicted molar refractivity (Wildman–Crippen MR) is 76.7 cm³/mol. The molecule has 0 fully saturated rings. The van der Waals surface area contributed by atoms with Crippen molar-refractivity contribution in [2.75, 3.05) is 0 Å². The molecule has 0 radical (unpaired) electrons. The van der Waals surface area contributed by atoms with Crippen molar-refractivity contribution in [2.45, 2.75) is 0 Å². The average molecular weight is 354 g/mol. The first-order valence-corrected chi connectivity index (χ1v) is 6.33. The van der Waals surface area contributed by atoms with Crippen LogP contribution in [0.15, 0.2) is 30.3 Å². The molecule has 0 aromatic heterocycles. The highest BCUT2D eigenvalue weighted by molar-refractivity contribution is 6.43. The van der Waals surface area contributed by atoms with Gasteiger partial charge in [-0.2, -0.15) is 0 Å². The van der Waals surface area contributed by atoms with Crippen LogP contribution >= 0.6 is 46.4 Å². The normalized spacial score (nSPS) is 9.63. The summed E-state index contributed by atoms with van der Waals surface area (Å²) in [6, 6.07) is 8.16. The Hall–Kier alpha value is -0.690. The van der Waals surface area contributed by atoms with Gasteiger partial charge in [0.15, 0.2) is 4.98 Å². The third-order valence-electron chi connectivity index (χ3n) is 2.38. The van der Waals surface area contributed by atoms with Crippen LogP contribution in [0, 0.1) is 5.39 Å². The van der Waals surface area contributed by atoms with Gasteiger partial charge in [0, 0.05) is 0 Å². The van der Waals surface area contributed by atoms with Gasteiger partial charge in [-0.25, -0.2) is 0 Å². The Balaban J connectivity index is 0.00000180. The predicted octanol–water partition coefficient (Wildman–Crippen LogP) is 3.46. The van der Waals surface area contributed by atoms with Crippen LogP contribution in [0.3, 0.4) is 0 Å². The van der Waals surface area contributed by atoms with E-state index in [9.17, 15) is 0 Å². The monoisotopic (exact) mass is 352 g/mol. The van der Waals surface area contributed by atoms with Crippen molar-refractivity contribution in [3.05, 3.63) is 55.4 Å². The molecule has 0 unspecified atom stereocenters. The molecule has 0 saturated carbocycles. The van der Waals surface area contributed by atoms with E-state index in [0.717, 1.165) is 5.56 Å². The number of benzene rings is 2. The first-order valence-electron chi connectivity index (χ1n) is 4.82. The van der Waals surface area contributed by atoms with E-state index in [-0.39, 0.29) is 12.4 Å². The molecule has 2 aromatic rings. The summed E-state index contributed by atoms with van der Waals surface area (Å²) in [4.78, 5) is 3.18. The Bertz CT molecular complexity index is 664. The van der Waals surface area contributed by atoms with Gasteiger partial charge in [-0.1, -0.05) is 52.5 Å². The number of nitrogens with zero attached hydrogens (tertiary/aromatic N) is 2. The zero-order chi connectivity index (χ0) is 13.3. The van der Waals surface area contributed by atoms with Gasteiger partial charge in [0.25, 0.3) is 0 Å². The van der Waals surface area contributed by atoms with Crippen LogP contribution in [0.25, 0.3) is 16.1 Å². The van der Waals surface area contributed by atoms with E-state index >= 15 is 0 Å². The molecule has 2 rings (SSSR count). The fraction of sp³-hybridized carbons (Fsp3) is 0. The minimum absolute atomic E-state index is 0. The van der Waals surface area contributed by atoms with E-state index in [2.05, 4.69) is 4.98 Å². The van der Waals surface area contributed by atoms with Crippen molar-refractivity contribution < 1.29 is 12.4 Å². The highest BCUT2D eigenvalue weighted by Gasteiger charge is 2.19. The number of hydrogen-bond acceptors (Lipinski definition) is 1. The van der Waals surface area contributed by atoms with Crippen LogP contribution in [-0.4, -0.2) is 0 Å². The molecule has 19 heavy (non-hydrogen) atoms. The van der Waals surface area contributed by atoms with E-state index in [1.165, 1.54) is 6.07 Å². The van der Waals surface area contributed by atoms with Gasteiger partial charge in [0.1, 0.15) is 0 Å². The van der Waals surface area contributed by atoms with Crippen molar-refractivity contribution in [1.82, 2.24) is 0 Å². The Morgan fingerprint density at radius 1 is 0.789 bits per heavy atom. The molecule has 0 atom stereocenters. The van der Waals surface area contributed by atoms with Gasteiger partial charge in [-0.15, -0.1) is 0 Å². The molecule has 0 bridgehead atoms. The third kappa shape index (κ3) is 3.45. The minimum Gasteiger partial charge on any atom is -1.00 e. The van der Waals surface area contributed by atoms with Crippen LogP contribution < -0.4 is 12.4 Å². The molecular weight excluding hydrogens is 349 g/mol. The maximum atomic E-state index is 8.98. The highest BCUT2D eigenvalue weighted by atomic mass is 35.5. The van der Waals surface area contributed by atoms with Gasteiger partial charge >= 0.3 is 5.69 Å². The molecule has 0 aliphatic heterocycles. The van der Waals surface area contributed by atoms with E-state index in [0.29, 0.717) is 31.3 Å². The quantitative estimate of drug-likeness (QED) is 0.721. The topological polar surface area (TPSA) is 28.1 Å². The second-order valence-electron chi connectivity index (χ2n) is 3.51. The molecule has 0 aliphatic carbocycles. The van der Waals surface area contributed by atoms with Crippen LogP contribution in [0.5, 0.6) is 0 Å². The number of diazo groups is 1. The fourth-order valence-electron chi connectivity index (χ4n) is 1.51. The van der Waals surface area contributed by atoms with Gasteiger partial charge in [0.2, 0.25) is 5.39 Å². The Kier molecular flexibility index (Phi) is 5.73. The lowest BCUT2D eigenvalue weighted by molar-refractivity contribution is -0.00000339. The highest BCUT2D eigenvalue weighted by Crippen LogP contribution is 2.38. The summed E-state index contributed by atoms with van der Waals surface area (Å²) in [5, 5.41) is 10.5. The molecule has 2 aromatic carbocycles. The maximum absolute atomic E-state index is 8.98. The van der Waals surface area contributed by atoms with Gasteiger partial charge in [-0.3, -0.25) is 0 Å². The summed E-state index contributed by atoms with van der Waals surface area (Å²) in [5.74, 6) is 0. The molecule has 7 heteroatoms. The number of rotatable bonds is 1. The summed E-state index contributed by atoms with van der Waals surface area (Å²) in [6.45, 7) is 0. The summed E-state index contributed by atoms with van der Waals surface area (Å²) >= 11 is 23.6. The summed E-state index contributed by atoms with van der Waals surface area (Å²) in [7, 11) is 0. The van der Waals surface area contributed by atoms with Crippen molar-refractivity contribution >= 4 is 52.1 Å². The van der Waals surface area contributed by atoms with Crippen molar-refractivity contribution in [2.24, 2.45) is 0 Å². The summed E-state index contributed by atoms with van der Waals surface area (Å²) in [5.41, 5.74) is 1.66. The standard InChI is InChI=1S/C12H5Cl4N2.ClH/c13-8-2-1-6(3-9(8)14)7-4-10(15)11(16)5-12(7)18-17;/h1-5H;1H/q+1;/p-1. The Labute approximate surface area is 136 Å². The second kappa shape index (κ2) is 6.65. The van der Waals surface area contributed by atoms with Crippen molar-refractivity contribution in [3.8, 4) is 11.1 Å². The molecule has 98 valence electrons. The Morgan fingerprint density at radius 3 is 1.95 bits per heavy atom. The lowest BCUT2D eigenvalue weighted by Gasteiger charge is -2.03. The van der Waals surface area contributed by atoms with E-state index < -0.39 is 0 Å². The molecule has 0 saturated heterocycles. The van der Waals surface area contributed by atoms with E-state index in [1.54, 1.807) is 24.3 Å². The lowest BCUT2D eigenvalue weighted by Crippen LogP contribution is -3.00. The summed E-state index contributed by atoms with van der Waals surface area (Å²) < 4.78 is 0. The zero-order valence-electron chi connectivity index (χ0n) is 9.17. The molecule has 0 spiro atoms.